The van der Waals surface area contributed by atoms with E-state index in [0.717, 1.165) is 50.1 Å². The van der Waals surface area contributed by atoms with Gasteiger partial charge in [0.2, 0.25) is 11.9 Å². The quantitative estimate of drug-likeness (QED) is 0.463. The third kappa shape index (κ3) is 5.57. The Kier molecular flexibility index (Phi) is 7.61. The molecule has 196 valence electrons. The highest BCUT2D eigenvalue weighted by Gasteiger charge is 2.27. The number of anilines is 2. The Bertz CT molecular complexity index is 1310. The summed E-state index contributed by atoms with van der Waals surface area (Å²) in [7, 11) is 0. The summed E-state index contributed by atoms with van der Waals surface area (Å²) in [4.78, 5) is 38.3. The van der Waals surface area contributed by atoms with Gasteiger partial charge in [-0.1, -0.05) is 13.5 Å². The second kappa shape index (κ2) is 11.2. The molecule has 3 aromatic heterocycles. The molecule has 2 aliphatic rings. The van der Waals surface area contributed by atoms with E-state index < -0.39 is 0 Å². The molecule has 2 saturated heterocycles. The minimum Gasteiger partial charge on any atom is -0.381 e. The van der Waals surface area contributed by atoms with E-state index in [0.29, 0.717) is 43.8 Å². The fourth-order valence-electron chi connectivity index (χ4n) is 5.16. The van der Waals surface area contributed by atoms with Crippen molar-refractivity contribution in [2.45, 2.75) is 44.8 Å². The van der Waals surface area contributed by atoms with Gasteiger partial charge >= 0.3 is 0 Å². The molecular weight excluding hydrogens is 472 g/mol. The van der Waals surface area contributed by atoms with Crippen LogP contribution in [0.15, 0.2) is 48.2 Å². The number of pyridine rings is 1. The minimum atomic E-state index is -0.0991. The maximum atomic E-state index is 12.9. The number of carbonyl (C=O) groups excluding carboxylic acids is 1. The summed E-state index contributed by atoms with van der Waals surface area (Å²) in [6.07, 6.45) is 9.64. The molecule has 3 aromatic rings. The summed E-state index contributed by atoms with van der Waals surface area (Å²) >= 11 is 0. The monoisotopic (exact) mass is 506 g/mol. The van der Waals surface area contributed by atoms with Gasteiger partial charge in [0.1, 0.15) is 5.65 Å². The predicted molar refractivity (Wildman–Crippen MR) is 141 cm³/mol. The number of carbonyl (C=O) groups is 1. The van der Waals surface area contributed by atoms with E-state index in [2.05, 4.69) is 33.8 Å². The van der Waals surface area contributed by atoms with Crippen molar-refractivity contribution in [1.29, 1.82) is 0 Å². The smallest absolute Gasteiger partial charge is 0.252 e. The van der Waals surface area contributed by atoms with Crippen molar-refractivity contribution in [1.82, 2.24) is 34.1 Å². The number of ether oxygens (including phenoxy) is 1. The summed E-state index contributed by atoms with van der Waals surface area (Å²) in [5, 5.41) is 8.54. The van der Waals surface area contributed by atoms with Crippen molar-refractivity contribution in [2.24, 2.45) is 0 Å². The van der Waals surface area contributed by atoms with Gasteiger partial charge < -0.3 is 15.0 Å². The molecule has 37 heavy (non-hydrogen) atoms. The van der Waals surface area contributed by atoms with Crippen LogP contribution in [0.1, 0.15) is 32.2 Å². The number of hydrogen-bond acceptors (Lipinski definition) is 8. The molecule has 5 heterocycles. The van der Waals surface area contributed by atoms with Gasteiger partial charge in [-0.15, -0.1) is 0 Å². The zero-order chi connectivity index (χ0) is 25.8. The van der Waals surface area contributed by atoms with Gasteiger partial charge in [0.25, 0.3) is 5.56 Å². The summed E-state index contributed by atoms with van der Waals surface area (Å²) in [6, 6.07) is 3.89. The van der Waals surface area contributed by atoms with E-state index in [-0.39, 0.29) is 17.5 Å². The molecule has 1 N–H and O–H groups in total. The van der Waals surface area contributed by atoms with Crippen LogP contribution in [0, 0.1) is 0 Å². The Balaban J connectivity index is 1.31. The van der Waals surface area contributed by atoms with Gasteiger partial charge in [-0.05, 0) is 31.4 Å². The van der Waals surface area contributed by atoms with Gasteiger partial charge in [-0.25, -0.2) is 4.98 Å². The topological polar surface area (TPSA) is 110 Å². The molecular formula is C26H34N8O3. The van der Waals surface area contributed by atoms with Crippen LogP contribution in [0.3, 0.4) is 0 Å². The van der Waals surface area contributed by atoms with E-state index in [9.17, 15) is 9.59 Å². The summed E-state index contributed by atoms with van der Waals surface area (Å²) < 4.78 is 9.12. The van der Waals surface area contributed by atoms with Crippen LogP contribution in [-0.4, -0.2) is 85.5 Å². The van der Waals surface area contributed by atoms with Gasteiger partial charge in [0.05, 0.1) is 17.9 Å². The zero-order valence-electron chi connectivity index (χ0n) is 21.3. The Morgan fingerprint density at radius 3 is 2.84 bits per heavy atom. The molecule has 0 bridgehead atoms. The van der Waals surface area contributed by atoms with Crippen molar-refractivity contribution in [3.8, 4) is 0 Å². The fraction of sp³-hybridized carbons (Fsp3) is 0.500. The first kappa shape index (κ1) is 25.1. The van der Waals surface area contributed by atoms with Crippen molar-refractivity contribution in [3.05, 3.63) is 53.7 Å². The van der Waals surface area contributed by atoms with Crippen molar-refractivity contribution >= 4 is 28.6 Å². The molecule has 11 nitrogen and oxygen atoms in total. The van der Waals surface area contributed by atoms with E-state index >= 15 is 0 Å². The van der Waals surface area contributed by atoms with Crippen molar-refractivity contribution < 1.29 is 9.53 Å². The summed E-state index contributed by atoms with van der Waals surface area (Å²) in [6.45, 7) is 10.5. The van der Waals surface area contributed by atoms with Crippen LogP contribution in [0.5, 0.6) is 0 Å². The largest absolute Gasteiger partial charge is 0.381 e. The number of amides is 1. The van der Waals surface area contributed by atoms with Crippen molar-refractivity contribution in [2.75, 3.05) is 44.7 Å². The number of nitrogens with one attached hydrogen (secondary N) is 1. The molecule has 2 fully saturated rings. The SMILES string of the molecule is C=CC(=O)N1CCN(CCn2c(=O)ccc3cnc(Nc4cnn(C5CCOCC5)c4)nc32)[C@@H](CC)C1. The van der Waals surface area contributed by atoms with E-state index in [1.165, 1.54) is 6.08 Å². The lowest BCUT2D eigenvalue weighted by atomic mass is 10.1. The maximum absolute atomic E-state index is 12.9. The number of fused-ring (bicyclic) bond motifs is 1. The highest BCUT2D eigenvalue weighted by atomic mass is 16.5. The number of aromatic nitrogens is 5. The van der Waals surface area contributed by atoms with E-state index in [1.54, 1.807) is 29.1 Å². The van der Waals surface area contributed by atoms with Crippen LogP contribution in [0.4, 0.5) is 11.6 Å². The lowest BCUT2D eigenvalue weighted by molar-refractivity contribution is -0.129. The van der Waals surface area contributed by atoms with Crippen LogP contribution in [0.2, 0.25) is 0 Å². The molecule has 1 amide bonds. The molecule has 0 aliphatic carbocycles. The lowest BCUT2D eigenvalue weighted by Gasteiger charge is -2.41. The highest BCUT2D eigenvalue weighted by Crippen LogP contribution is 2.23. The highest BCUT2D eigenvalue weighted by molar-refractivity contribution is 5.87. The Hall–Kier alpha value is -3.57. The normalized spacial score (nSPS) is 19.3. The van der Waals surface area contributed by atoms with E-state index in [1.807, 2.05) is 15.8 Å². The maximum Gasteiger partial charge on any atom is 0.252 e. The minimum absolute atomic E-state index is 0.0293. The van der Waals surface area contributed by atoms with Gasteiger partial charge in [0.15, 0.2) is 0 Å². The third-order valence-corrected chi connectivity index (χ3v) is 7.32. The standard InChI is InChI=1S/C26H34N8O3/c1-3-21-18-32(23(35)4-2)10-9-31(21)11-12-33-24(36)6-5-19-15-27-26(30-25(19)33)29-20-16-28-34(17-20)22-7-13-37-14-8-22/h4-6,15-17,21-22H,2-3,7-14,18H2,1H3,(H,27,29,30)/t21-/m0/s1. The fourth-order valence-corrected chi connectivity index (χ4v) is 5.16. The molecule has 0 aromatic carbocycles. The average molecular weight is 507 g/mol. The molecule has 11 heteroatoms. The first-order valence-electron chi connectivity index (χ1n) is 13.0. The second-order valence-corrected chi connectivity index (χ2v) is 9.56. The molecule has 5 rings (SSSR count). The third-order valence-electron chi connectivity index (χ3n) is 7.32. The van der Waals surface area contributed by atoms with Gasteiger partial charge in [-0.3, -0.25) is 23.7 Å². The first-order valence-corrected chi connectivity index (χ1v) is 13.0. The van der Waals surface area contributed by atoms with Crippen LogP contribution in [0.25, 0.3) is 11.0 Å². The first-order chi connectivity index (χ1) is 18.1. The Labute approximate surface area is 215 Å². The molecule has 0 radical (unpaired) electrons. The molecule has 0 spiro atoms. The van der Waals surface area contributed by atoms with Crippen LogP contribution >= 0.6 is 0 Å². The molecule has 0 saturated carbocycles. The van der Waals surface area contributed by atoms with Gasteiger partial charge in [-0.2, -0.15) is 10.1 Å². The predicted octanol–water partition coefficient (Wildman–Crippen LogP) is 2.19. The number of nitrogens with zero attached hydrogens (tertiary/aromatic N) is 7. The summed E-state index contributed by atoms with van der Waals surface area (Å²) in [5.74, 6) is 0.389. The molecule has 1 atom stereocenters. The van der Waals surface area contributed by atoms with Crippen LogP contribution in [-0.2, 0) is 16.1 Å². The van der Waals surface area contributed by atoms with Crippen LogP contribution < -0.4 is 10.9 Å². The lowest BCUT2D eigenvalue weighted by Crippen LogP contribution is -2.55. The molecule has 0 unspecified atom stereocenters. The number of piperazine rings is 1. The Morgan fingerprint density at radius 2 is 2.05 bits per heavy atom. The van der Waals surface area contributed by atoms with Crippen molar-refractivity contribution in [3.63, 3.8) is 0 Å². The Morgan fingerprint density at radius 1 is 1.22 bits per heavy atom. The number of hydrogen-bond donors (Lipinski definition) is 1. The number of rotatable bonds is 8. The second-order valence-electron chi connectivity index (χ2n) is 9.56. The zero-order valence-corrected chi connectivity index (χ0v) is 21.3. The summed E-state index contributed by atoms with van der Waals surface area (Å²) in [5.41, 5.74) is 1.29. The van der Waals surface area contributed by atoms with E-state index in [4.69, 9.17) is 9.72 Å². The molecule has 2 aliphatic heterocycles. The average Bonchev–Trinajstić information content (AvgIpc) is 3.41. The van der Waals surface area contributed by atoms with Gasteiger partial charge in [0, 0.05) is 75.8 Å².